The second kappa shape index (κ2) is 9.67. The lowest BCUT2D eigenvalue weighted by Gasteiger charge is -2.21. The topological polar surface area (TPSA) is 66.9 Å². The average Bonchev–Trinajstić information content (AvgIpc) is 2.87. The molecule has 34 heavy (non-hydrogen) atoms. The molecule has 174 valence electrons. The molecule has 0 aromatic heterocycles. The highest BCUT2D eigenvalue weighted by molar-refractivity contribution is 7.89. The van der Waals surface area contributed by atoms with Crippen molar-refractivity contribution in [1.82, 2.24) is 4.31 Å². The van der Waals surface area contributed by atoms with Crippen LogP contribution in [0.25, 0.3) is 10.8 Å². The number of fused-ring (bicyclic) bond motifs is 1. The van der Waals surface area contributed by atoms with Crippen molar-refractivity contribution in [1.29, 1.82) is 0 Å². The predicted molar refractivity (Wildman–Crippen MR) is 135 cm³/mol. The second-order valence-electron chi connectivity index (χ2n) is 8.01. The predicted octanol–water partition coefficient (Wildman–Crippen LogP) is 4.95. The Hall–Kier alpha value is -3.68. The Bertz CT molecular complexity index is 1440. The molecule has 7 heteroatoms. The monoisotopic (exact) mass is 474 g/mol. The van der Waals surface area contributed by atoms with Gasteiger partial charge in [0.05, 0.1) is 7.11 Å². The molecule has 0 unspecified atom stereocenters. The molecule has 4 rings (SSSR count). The van der Waals surface area contributed by atoms with E-state index in [0.29, 0.717) is 5.69 Å². The zero-order valence-corrected chi connectivity index (χ0v) is 20.1. The maximum Gasteiger partial charge on any atom is 0.258 e. The first-order chi connectivity index (χ1) is 16.3. The number of amides is 1. The Morgan fingerprint density at radius 3 is 2.21 bits per heavy atom. The maximum atomic E-state index is 13.4. The van der Waals surface area contributed by atoms with Crippen molar-refractivity contribution in [2.75, 3.05) is 26.1 Å². The number of ether oxygens (including phenoxy) is 1. The highest BCUT2D eigenvalue weighted by Crippen LogP contribution is 2.29. The van der Waals surface area contributed by atoms with E-state index in [9.17, 15) is 13.2 Å². The molecule has 1 amide bonds. The SMILES string of the molecule is COc1ccc(C(=O)N(C)c2ccc3ccccc3c2)cc1S(=O)(=O)N(C)Cc1ccccc1. The third-order valence-corrected chi connectivity index (χ3v) is 7.60. The summed E-state index contributed by atoms with van der Waals surface area (Å²) in [6.07, 6.45) is 0. The number of carbonyl (C=O) groups excluding carboxylic acids is 1. The van der Waals surface area contributed by atoms with Crippen LogP contribution in [-0.2, 0) is 16.6 Å². The fraction of sp³-hybridized carbons (Fsp3) is 0.148. The Balaban J connectivity index is 1.66. The van der Waals surface area contributed by atoms with Gasteiger partial charge < -0.3 is 9.64 Å². The first-order valence-electron chi connectivity index (χ1n) is 10.8. The number of hydrogen-bond donors (Lipinski definition) is 0. The van der Waals surface area contributed by atoms with Crippen LogP contribution in [0.15, 0.2) is 95.9 Å². The van der Waals surface area contributed by atoms with Crippen LogP contribution in [-0.4, -0.2) is 39.8 Å². The molecule has 0 aliphatic heterocycles. The summed E-state index contributed by atoms with van der Waals surface area (Å²) in [6.45, 7) is 0.196. The van der Waals surface area contributed by atoms with E-state index in [1.165, 1.54) is 35.5 Å². The number of hydrogen-bond acceptors (Lipinski definition) is 4. The molecule has 0 bridgehead atoms. The zero-order chi connectivity index (χ0) is 24.3. The van der Waals surface area contributed by atoms with Crippen LogP contribution in [0.5, 0.6) is 5.75 Å². The largest absolute Gasteiger partial charge is 0.495 e. The number of rotatable bonds is 7. The number of nitrogens with zero attached hydrogens (tertiary/aromatic N) is 2. The van der Waals surface area contributed by atoms with Crippen LogP contribution < -0.4 is 9.64 Å². The van der Waals surface area contributed by atoms with E-state index in [1.54, 1.807) is 13.1 Å². The first kappa shape index (κ1) is 23.5. The average molecular weight is 475 g/mol. The molecular weight excluding hydrogens is 448 g/mol. The van der Waals surface area contributed by atoms with Crippen molar-refractivity contribution < 1.29 is 17.9 Å². The van der Waals surface area contributed by atoms with Gasteiger partial charge in [-0.3, -0.25) is 4.79 Å². The Morgan fingerprint density at radius 1 is 0.824 bits per heavy atom. The summed E-state index contributed by atoms with van der Waals surface area (Å²) < 4.78 is 33.4. The third-order valence-electron chi connectivity index (χ3n) is 5.77. The Kier molecular flexibility index (Phi) is 6.68. The van der Waals surface area contributed by atoms with Gasteiger partial charge in [-0.1, -0.05) is 60.7 Å². The number of carbonyl (C=O) groups is 1. The van der Waals surface area contributed by atoms with Crippen molar-refractivity contribution in [2.45, 2.75) is 11.4 Å². The van der Waals surface area contributed by atoms with Crippen LogP contribution in [0.3, 0.4) is 0 Å². The lowest BCUT2D eigenvalue weighted by atomic mass is 10.1. The molecule has 0 saturated carbocycles. The van der Waals surface area contributed by atoms with E-state index in [-0.39, 0.29) is 28.7 Å². The van der Waals surface area contributed by atoms with E-state index < -0.39 is 10.0 Å². The van der Waals surface area contributed by atoms with Crippen molar-refractivity contribution in [2.24, 2.45) is 0 Å². The molecule has 6 nitrogen and oxygen atoms in total. The molecule has 0 radical (unpaired) electrons. The zero-order valence-electron chi connectivity index (χ0n) is 19.3. The highest BCUT2D eigenvalue weighted by Gasteiger charge is 2.27. The molecule has 0 fully saturated rings. The summed E-state index contributed by atoms with van der Waals surface area (Å²) in [7, 11) is 0.678. The normalized spacial score (nSPS) is 11.5. The van der Waals surface area contributed by atoms with Gasteiger partial charge in [-0.2, -0.15) is 4.31 Å². The van der Waals surface area contributed by atoms with Crippen LogP contribution in [0.4, 0.5) is 5.69 Å². The van der Waals surface area contributed by atoms with Gasteiger partial charge in [-0.15, -0.1) is 0 Å². The van der Waals surface area contributed by atoms with E-state index >= 15 is 0 Å². The van der Waals surface area contributed by atoms with Gasteiger partial charge in [-0.25, -0.2) is 8.42 Å². The molecule has 4 aromatic rings. The van der Waals surface area contributed by atoms with Crippen LogP contribution >= 0.6 is 0 Å². The molecule has 0 aliphatic rings. The summed E-state index contributed by atoms with van der Waals surface area (Å²) in [5, 5.41) is 2.09. The van der Waals surface area contributed by atoms with Crippen LogP contribution in [0.1, 0.15) is 15.9 Å². The van der Waals surface area contributed by atoms with Gasteiger partial charge in [0.1, 0.15) is 10.6 Å². The summed E-state index contributed by atoms with van der Waals surface area (Å²) in [5.74, 6) is -0.134. The third kappa shape index (κ3) is 4.66. The lowest BCUT2D eigenvalue weighted by molar-refractivity contribution is 0.0992. The smallest absolute Gasteiger partial charge is 0.258 e. The van der Waals surface area contributed by atoms with Gasteiger partial charge in [0.25, 0.3) is 5.91 Å². The van der Waals surface area contributed by atoms with Crippen molar-refractivity contribution in [3.63, 3.8) is 0 Å². The summed E-state index contributed by atoms with van der Waals surface area (Å²) in [6, 6.07) is 27.5. The maximum absolute atomic E-state index is 13.4. The minimum Gasteiger partial charge on any atom is -0.495 e. The van der Waals surface area contributed by atoms with E-state index in [2.05, 4.69) is 0 Å². The number of methoxy groups -OCH3 is 1. The molecule has 0 saturated heterocycles. The highest BCUT2D eigenvalue weighted by atomic mass is 32.2. The van der Waals surface area contributed by atoms with Gasteiger partial charge >= 0.3 is 0 Å². The molecule has 4 aromatic carbocycles. The quantitative estimate of drug-likeness (QED) is 0.380. The van der Waals surface area contributed by atoms with Crippen LogP contribution in [0.2, 0.25) is 0 Å². The summed E-state index contributed by atoms with van der Waals surface area (Å²) >= 11 is 0. The van der Waals surface area contributed by atoms with E-state index in [1.807, 2.05) is 72.8 Å². The van der Waals surface area contributed by atoms with Gasteiger partial charge in [-0.05, 0) is 46.7 Å². The van der Waals surface area contributed by atoms with Gasteiger partial charge in [0.15, 0.2) is 0 Å². The Morgan fingerprint density at radius 2 is 1.50 bits per heavy atom. The number of anilines is 1. The minimum atomic E-state index is -3.92. The van der Waals surface area contributed by atoms with Crippen molar-refractivity contribution in [3.8, 4) is 5.75 Å². The number of sulfonamides is 1. The summed E-state index contributed by atoms with van der Waals surface area (Å²) in [4.78, 5) is 14.8. The van der Waals surface area contributed by atoms with Gasteiger partial charge in [0, 0.05) is 31.9 Å². The standard InChI is InChI=1S/C27H26N2O4S/c1-28(19-20-9-5-4-6-10-20)34(31,32)26-18-23(14-16-25(26)33-3)27(30)29(2)24-15-13-21-11-7-8-12-22(21)17-24/h4-18H,19H2,1-3H3. The Labute approximate surface area is 200 Å². The molecule has 0 spiro atoms. The summed E-state index contributed by atoms with van der Waals surface area (Å²) in [5.41, 5.74) is 1.82. The van der Waals surface area contributed by atoms with Crippen LogP contribution in [0, 0.1) is 0 Å². The lowest BCUT2D eigenvalue weighted by Crippen LogP contribution is -2.29. The van der Waals surface area contributed by atoms with Gasteiger partial charge in [0.2, 0.25) is 10.0 Å². The van der Waals surface area contributed by atoms with E-state index in [4.69, 9.17) is 4.74 Å². The molecular formula is C27H26N2O4S. The van der Waals surface area contributed by atoms with E-state index in [0.717, 1.165) is 16.3 Å². The van der Waals surface area contributed by atoms with Crippen molar-refractivity contribution in [3.05, 3.63) is 102 Å². The minimum absolute atomic E-state index is 0.0498. The fourth-order valence-corrected chi connectivity index (χ4v) is 5.14. The molecule has 0 N–H and O–H groups in total. The molecule has 0 heterocycles. The molecule has 0 atom stereocenters. The fourth-order valence-electron chi connectivity index (χ4n) is 3.80. The molecule has 0 aliphatic carbocycles. The first-order valence-corrected chi connectivity index (χ1v) is 12.2. The number of benzene rings is 4. The van der Waals surface area contributed by atoms with Crippen molar-refractivity contribution >= 4 is 32.4 Å². The second-order valence-corrected chi connectivity index (χ2v) is 10.0.